The van der Waals surface area contributed by atoms with Crippen molar-refractivity contribution in [2.45, 2.75) is 19.9 Å². The minimum atomic E-state index is 0.0776. The molecule has 0 unspecified atom stereocenters. The van der Waals surface area contributed by atoms with Gasteiger partial charge < -0.3 is 14.8 Å². The van der Waals surface area contributed by atoms with E-state index in [1.807, 2.05) is 29.5 Å². The fraction of sp³-hybridized carbons (Fsp3) is 0.467. The largest absolute Gasteiger partial charge is 0.357 e. The third-order valence-corrected chi connectivity index (χ3v) is 4.69. The SMILES string of the molecule is Cc1nc(-c2c[nH]c(C(=O)N3CCN(C)C[C@@H]3C)c2)cs1. The van der Waals surface area contributed by atoms with Gasteiger partial charge >= 0.3 is 0 Å². The van der Waals surface area contributed by atoms with Gasteiger partial charge in [0.05, 0.1) is 10.7 Å². The maximum atomic E-state index is 12.6. The van der Waals surface area contributed by atoms with Crippen LogP contribution < -0.4 is 0 Å². The molecule has 2 aromatic heterocycles. The molecule has 1 fully saturated rings. The molecule has 1 aliphatic rings. The van der Waals surface area contributed by atoms with Gasteiger partial charge in [-0.15, -0.1) is 11.3 Å². The van der Waals surface area contributed by atoms with E-state index in [1.54, 1.807) is 11.3 Å². The standard InChI is InChI=1S/C15H20N4OS/c1-10-8-18(3)4-5-19(10)15(20)13-6-12(7-16-13)14-9-21-11(2)17-14/h6-7,9-10,16H,4-5,8H2,1-3H3/t10-/m0/s1. The molecule has 1 atom stereocenters. The topological polar surface area (TPSA) is 52.2 Å². The number of nitrogens with one attached hydrogen (secondary N) is 1. The summed E-state index contributed by atoms with van der Waals surface area (Å²) in [5.41, 5.74) is 2.55. The first-order chi connectivity index (χ1) is 10.0. The van der Waals surface area contributed by atoms with Crippen molar-refractivity contribution >= 4 is 17.2 Å². The number of H-pyrrole nitrogens is 1. The molecular weight excluding hydrogens is 284 g/mol. The average molecular weight is 304 g/mol. The number of carbonyl (C=O) groups excluding carboxylic acids is 1. The summed E-state index contributed by atoms with van der Waals surface area (Å²) in [4.78, 5) is 24.4. The van der Waals surface area contributed by atoms with Crippen molar-refractivity contribution in [1.82, 2.24) is 19.8 Å². The van der Waals surface area contributed by atoms with Crippen LogP contribution in [0.5, 0.6) is 0 Å². The predicted molar refractivity (Wildman–Crippen MR) is 84.6 cm³/mol. The Balaban J connectivity index is 1.78. The normalized spacial score (nSPS) is 20.0. The Bertz CT molecular complexity index is 648. The lowest BCUT2D eigenvalue weighted by Crippen LogP contribution is -2.52. The molecule has 5 nitrogen and oxygen atoms in total. The molecule has 0 radical (unpaired) electrons. The second-order valence-electron chi connectivity index (χ2n) is 5.66. The molecule has 1 saturated heterocycles. The Morgan fingerprint density at radius 1 is 1.48 bits per heavy atom. The number of hydrogen-bond acceptors (Lipinski definition) is 4. The van der Waals surface area contributed by atoms with E-state index in [0.29, 0.717) is 5.69 Å². The molecule has 0 aliphatic carbocycles. The summed E-state index contributed by atoms with van der Waals surface area (Å²) in [7, 11) is 2.09. The Kier molecular flexibility index (Phi) is 3.82. The van der Waals surface area contributed by atoms with Crippen LogP contribution in [0.1, 0.15) is 22.4 Å². The molecule has 1 aliphatic heterocycles. The van der Waals surface area contributed by atoms with Crippen LogP contribution in [-0.2, 0) is 0 Å². The van der Waals surface area contributed by atoms with E-state index in [0.717, 1.165) is 35.9 Å². The van der Waals surface area contributed by atoms with E-state index >= 15 is 0 Å². The summed E-state index contributed by atoms with van der Waals surface area (Å²) in [6.07, 6.45) is 1.86. The number of aromatic nitrogens is 2. The second kappa shape index (κ2) is 5.61. The number of hydrogen-bond donors (Lipinski definition) is 1. The molecular formula is C15H20N4OS. The first kappa shape index (κ1) is 14.3. The van der Waals surface area contributed by atoms with Gasteiger partial charge in [-0.2, -0.15) is 0 Å². The molecule has 3 rings (SSSR count). The summed E-state index contributed by atoms with van der Waals surface area (Å²) in [5, 5.41) is 3.05. The zero-order valence-electron chi connectivity index (χ0n) is 12.6. The first-order valence-electron chi connectivity index (χ1n) is 7.15. The van der Waals surface area contributed by atoms with Crippen molar-refractivity contribution in [2.24, 2.45) is 0 Å². The van der Waals surface area contributed by atoms with Crippen LogP contribution in [0, 0.1) is 6.92 Å². The lowest BCUT2D eigenvalue weighted by molar-refractivity contribution is 0.0528. The molecule has 6 heteroatoms. The van der Waals surface area contributed by atoms with Gasteiger partial charge in [0.1, 0.15) is 5.69 Å². The molecule has 0 saturated carbocycles. The van der Waals surface area contributed by atoms with Crippen molar-refractivity contribution < 1.29 is 4.79 Å². The van der Waals surface area contributed by atoms with Crippen molar-refractivity contribution in [3.63, 3.8) is 0 Å². The van der Waals surface area contributed by atoms with Crippen molar-refractivity contribution in [1.29, 1.82) is 0 Å². The number of aryl methyl sites for hydroxylation is 1. The van der Waals surface area contributed by atoms with Gasteiger partial charge in [-0.1, -0.05) is 0 Å². The van der Waals surface area contributed by atoms with Crippen molar-refractivity contribution in [3.8, 4) is 11.3 Å². The third-order valence-electron chi connectivity index (χ3n) is 3.92. The molecule has 0 spiro atoms. The first-order valence-corrected chi connectivity index (χ1v) is 8.03. The minimum absolute atomic E-state index is 0.0776. The number of rotatable bonds is 2. The van der Waals surface area contributed by atoms with Crippen LogP contribution in [-0.4, -0.2) is 58.4 Å². The van der Waals surface area contributed by atoms with Gasteiger partial charge in [-0.25, -0.2) is 4.98 Å². The van der Waals surface area contributed by atoms with E-state index in [1.165, 1.54) is 0 Å². The summed E-state index contributed by atoms with van der Waals surface area (Å²) in [5.74, 6) is 0.0776. The zero-order valence-corrected chi connectivity index (χ0v) is 13.4. The van der Waals surface area contributed by atoms with E-state index in [2.05, 4.69) is 28.8 Å². The Morgan fingerprint density at radius 2 is 2.29 bits per heavy atom. The summed E-state index contributed by atoms with van der Waals surface area (Å²) in [6.45, 7) is 6.71. The van der Waals surface area contributed by atoms with Crippen LogP contribution in [0.15, 0.2) is 17.6 Å². The second-order valence-corrected chi connectivity index (χ2v) is 6.73. The van der Waals surface area contributed by atoms with Crippen LogP contribution in [0.2, 0.25) is 0 Å². The molecule has 0 aromatic carbocycles. The lowest BCUT2D eigenvalue weighted by Gasteiger charge is -2.38. The van der Waals surface area contributed by atoms with E-state index in [9.17, 15) is 4.79 Å². The van der Waals surface area contributed by atoms with Gasteiger partial charge in [-0.05, 0) is 27.0 Å². The zero-order chi connectivity index (χ0) is 15.0. The van der Waals surface area contributed by atoms with E-state index in [4.69, 9.17) is 0 Å². The van der Waals surface area contributed by atoms with Crippen LogP contribution >= 0.6 is 11.3 Å². The van der Waals surface area contributed by atoms with Crippen LogP contribution in [0.3, 0.4) is 0 Å². The number of carbonyl (C=O) groups is 1. The quantitative estimate of drug-likeness (QED) is 0.925. The molecule has 1 amide bonds. The Hall–Kier alpha value is -1.66. The smallest absolute Gasteiger partial charge is 0.270 e. The van der Waals surface area contributed by atoms with Crippen LogP contribution in [0.4, 0.5) is 0 Å². The van der Waals surface area contributed by atoms with Crippen molar-refractivity contribution in [3.05, 3.63) is 28.3 Å². The lowest BCUT2D eigenvalue weighted by atomic mass is 10.1. The number of amides is 1. The minimum Gasteiger partial charge on any atom is -0.357 e. The van der Waals surface area contributed by atoms with E-state index in [-0.39, 0.29) is 11.9 Å². The van der Waals surface area contributed by atoms with Gasteiger partial charge in [0.2, 0.25) is 0 Å². The van der Waals surface area contributed by atoms with Gasteiger partial charge in [-0.3, -0.25) is 4.79 Å². The van der Waals surface area contributed by atoms with Crippen LogP contribution in [0.25, 0.3) is 11.3 Å². The molecule has 112 valence electrons. The number of aromatic amines is 1. The molecule has 0 bridgehead atoms. The highest BCUT2D eigenvalue weighted by atomic mass is 32.1. The monoisotopic (exact) mass is 304 g/mol. The summed E-state index contributed by atoms with van der Waals surface area (Å²) < 4.78 is 0. The highest BCUT2D eigenvalue weighted by Crippen LogP contribution is 2.23. The van der Waals surface area contributed by atoms with Gasteiger partial charge in [0, 0.05) is 42.8 Å². The molecule has 1 N–H and O–H groups in total. The number of nitrogens with zero attached hydrogens (tertiary/aromatic N) is 3. The fourth-order valence-electron chi connectivity index (χ4n) is 2.76. The maximum Gasteiger partial charge on any atom is 0.270 e. The van der Waals surface area contributed by atoms with Crippen molar-refractivity contribution in [2.75, 3.05) is 26.7 Å². The highest BCUT2D eigenvalue weighted by molar-refractivity contribution is 7.09. The highest BCUT2D eigenvalue weighted by Gasteiger charge is 2.27. The summed E-state index contributed by atoms with van der Waals surface area (Å²) >= 11 is 1.62. The van der Waals surface area contributed by atoms with Gasteiger partial charge in [0.25, 0.3) is 5.91 Å². The molecule has 3 heterocycles. The maximum absolute atomic E-state index is 12.6. The third kappa shape index (κ3) is 2.87. The number of thiazole rings is 1. The fourth-order valence-corrected chi connectivity index (χ4v) is 3.38. The van der Waals surface area contributed by atoms with E-state index < -0.39 is 0 Å². The Morgan fingerprint density at radius 3 is 2.95 bits per heavy atom. The number of piperazine rings is 1. The average Bonchev–Trinajstić information content (AvgIpc) is 3.06. The number of likely N-dealkylation sites (N-methyl/N-ethyl adjacent to an activating group) is 1. The molecule has 2 aromatic rings. The Labute approximate surface area is 128 Å². The summed E-state index contributed by atoms with van der Waals surface area (Å²) in [6, 6.07) is 2.14. The van der Waals surface area contributed by atoms with Gasteiger partial charge in [0.15, 0.2) is 0 Å². The predicted octanol–water partition coefficient (Wildman–Crippen LogP) is 2.22. The molecule has 21 heavy (non-hydrogen) atoms.